The fourth-order valence-electron chi connectivity index (χ4n) is 2.83. The number of nitrogens with zero attached hydrogens (tertiary/aromatic N) is 2. The predicted molar refractivity (Wildman–Crippen MR) is 85.1 cm³/mol. The SMILES string of the molecule is Cc1ccc(C(=O)N2CCCC(C(=O)N(C)CC(=O)O)C2)cc1. The van der Waals surface area contributed by atoms with Crippen LogP contribution in [0.25, 0.3) is 0 Å². The molecule has 1 aliphatic rings. The number of rotatable bonds is 4. The molecule has 1 heterocycles. The van der Waals surface area contributed by atoms with Crippen LogP contribution >= 0.6 is 0 Å². The number of carbonyl (C=O) groups is 3. The second kappa shape index (κ2) is 7.26. The molecule has 1 atom stereocenters. The Morgan fingerprint density at radius 2 is 1.91 bits per heavy atom. The van der Waals surface area contributed by atoms with Crippen molar-refractivity contribution in [1.82, 2.24) is 9.80 Å². The lowest BCUT2D eigenvalue weighted by Gasteiger charge is -2.33. The number of carboxylic acids is 1. The normalized spacial score (nSPS) is 17.7. The van der Waals surface area contributed by atoms with Gasteiger partial charge in [0.15, 0.2) is 0 Å². The van der Waals surface area contributed by atoms with E-state index in [4.69, 9.17) is 5.11 Å². The fourth-order valence-corrected chi connectivity index (χ4v) is 2.83. The van der Waals surface area contributed by atoms with Crippen LogP contribution < -0.4 is 0 Å². The lowest BCUT2D eigenvalue weighted by Crippen LogP contribution is -2.46. The van der Waals surface area contributed by atoms with Crippen molar-refractivity contribution < 1.29 is 19.5 Å². The molecule has 2 rings (SSSR count). The molecule has 1 fully saturated rings. The number of aliphatic carboxylic acids is 1. The van der Waals surface area contributed by atoms with Crippen LogP contribution in [-0.2, 0) is 9.59 Å². The highest BCUT2D eigenvalue weighted by Crippen LogP contribution is 2.20. The molecule has 1 aromatic rings. The maximum Gasteiger partial charge on any atom is 0.323 e. The molecule has 0 aliphatic carbocycles. The Bertz CT molecular complexity index is 597. The molecule has 1 aromatic carbocycles. The molecule has 1 aliphatic heterocycles. The highest BCUT2D eigenvalue weighted by atomic mass is 16.4. The van der Waals surface area contributed by atoms with Gasteiger partial charge in [-0.15, -0.1) is 0 Å². The van der Waals surface area contributed by atoms with Gasteiger partial charge in [0.25, 0.3) is 5.91 Å². The van der Waals surface area contributed by atoms with Gasteiger partial charge in [0.05, 0.1) is 5.92 Å². The molecule has 1 saturated heterocycles. The molecule has 6 heteroatoms. The molecule has 0 bridgehead atoms. The molecule has 1 unspecified atom stereocenters. The van der Waals surface area contributed by atoms with Crippen molar-refractivity contribution >= 4 is 17.8 Å². The quantitative estimate of drug-likeness (QED) is 0.910. The Kier molecular flexibility index (Phi) is 5.36. The third-order valence-corrected chi connectivity index (χ3v) is 4.11. The van der Waals surface area contributed by atoms with Gasteiger partial charge < -0.3 is 14.9 Å². The van der Waals surface area contributed by atoms with Crippen molar-refractivity contribution in [3.63, 3.8) is 0 Å². The van der Waals surface area contributed by atoms with Gasteiger partial charge >= 0.3 is 5.97 Å². The number of carbonyl (C=O) groups excluding carboxylic acids is 2. The van der Waals surface area contributed by atoms with E-state index in [0.29, 0.717) is 25.1 Å². The standard InChI is InChI=1S/C17H22N2O4/c1-12-5-7-13(8-6-12)17(23)19-9-3-4-14(10-19)16(22)18(2)11-15(20)21/h5-8,14H,3-4,9-11H2,1-2H3,(H,20,21). The maximum absolute atomic E-state index is 12.5. The predicted octanol–water partition coefficient (Wildman–Crippen LogP) is 1.39. The van der Waals surface area contributed by atoms with Crippen LogP contribution in [0.15, 0.2) is 24.3 Å². The lowest BCUT2D eigenvalue weighted by atomic mass is 9.96. The number of amides is 2. The van der Waals surface area contributed by atoms with E-state index in [1.807, 2.05) is 19.1 Å². The van der Waals surface area contributed by atoms with Gasteiger partial charge in [0.1, 0.15) is 6.54 Å². The summed E-state index contributed by atoms with van der Waals surface area (Å²) in [6.07, 6.45) is 1.43. The van der Waals surface area contributed by atoms with Crippen molar-refractivity contribution in [3.8, 4) is 0 Å². The van der Waals surface area contributed by atoms with Gasteiger partial charge in [0, 0.05) is 25.7 Å². The second-order valence-electron chi connectivity index (χ2n) is 6.04. The first-order valence-corrected chi connectivity index (χ1v) is 7.71. The summed E-state index contributed by atoms with van der Waals surface area (Å²) in [5.74, 6) is -1.66. The topological polar surface area (TPSA) is 77.9 Å². The summed E-state index contributed by atoms with van der Waals surface area (Å²) in [5.41, 5.74) is 1.70. The number of likely N-dealkylation sites (tertiary alicyclic amines) is 1. The molecule has 0 saturated carbocycles. The van der Waals surface area contributed by atoms with Gasteiger partial charge in [-0.05, 0) is 31.9 Å². The van der Waals surface area contributed by atoms with E-state index in [-0.39, 0.29) is 24.3 Å². The molecule has 124 valence electrons. The third kappa shape index (κ3) is 4.31. The third-order valence-electron chi connectivity index (χ3n) is 4.11. The van der Waals surface area contributed by atoms with Crippen molar-refractivity contribution in [2.24, 2.45) is 5.92 Å². The van der Waals surface area contributed by atoms with Crippen LogP contribution in [0.4, 0.5) is 0 Å². The van der Waals surface area contributed by atoms with Crippen molar-refractivity contribution in [2.45, 2.75) is 19.8 Å². The molecular weight excluding hydrogens is 296 g/mol. The summed E-state index contributed by atoms with van der Waals surface area (Å²) in [6.45, 7) is 2.61. The van der Waals surface area contributed by atoms with Gasteiger partial charge in [-0.1, -0.05) is 17.7 Å². The van der Waals surface area contributed by atoms with E-state index in [1.54, 1.807) is 17.0 Å². The van der Waals surface area contributed by atoms with Crippen LogP contribution in [0.3, 0.4) is 0 Å². The van der Waals surface area contributed by atoms with E-state index >= 15 is 0 Å². The number of aryl methyl sites for hydroxylation is 1. The minimum Gasteiger partial charge on any atom is -0.480 e. The zero-order valence-electron chi connectivity index (χ0n) is 13.5. The highest BCUT2D eigenvalue weighted by Gasteiger charge is 2.31. The van der Waals surface area contributed by atoms with Crippen LogP contribution in [0, 0.1) is 12.8 Å². The van der Waals surface area contributed by atoms with Crippen molar-refractivity contribution in [3.05, 3.63) is 35.4 Å². The second-order valence-corrected chi connectivity index (χ2v) is 6.04. The molecule has 1 N–H and O–H groups in total. The Morgan fingerprint density at radius 3 is 2.52 bits per heavy atom. The van der Waals surface area contributed by atoms with Gasteiger partial charge in [-0.25, -0.2) is 0 Å². The van der Waals surface area contributed by atoms with Crippen molar-refractivity contribution in [1.29, 1.82) is 0 Å². The first-order chi connectivity index (χ1) is 10.9. The fraction of sp³-hybridized carbons (Fsp3) is 0.471. The van der Waals surface area contributed by atoms with E-state index in [2.05, 4.69) is 0 Å². The molecule has 0 aromatic heterocycles. The average Bonchev–Trinajstić information content (AvgIpc) is 2.53. The summed E-state index contributed by atoms with van der Waals surface area (Å²) in [7, 11) is 1.48. The minimum absolute atomic E-state index is 0.0802. The van der Waals surface area contributed by atoms with Gasteiger partial charge in [-0.2, -0.15) is 0 Å². The summed E-state index contributed by atoms with van der Waals surface area (Å²) in [4.78, 5) is 38.5. The first-order valence-electron chi connectivity index (χ1n) is 7.71. The Balaban J connectivity index is 2.02. The van der Waals surface area contributed by atoms with Gasteiger partial charge in [-0.3, -0.25) is 14.4 Å². The van der Waals surface area contributed by atoms with Gasteiger partial charge in [0.2, 0.25) is 5.91 Å². The summed E-state index contributed by atoms with van der Waals surface area (Å²) in [6, 6.07) is 7.36. The number of piperidine rings is 1. The van der Waals surface area contributed by atoms with Crippen LogP contribution in [-0.4, -0.2) is 59.4 Å². The maximum atomic E-state index is 12.5. The number of hydrogen-bond acceptors (Lipinski definition) is 3. The summed E-state index contributed by atoms with van der Waals surface area (Å²) >= 11 is 0. The van der Waals surface area contributed by atoms with Crippen LogP contribution in [0.5, 0.6) is 0 Å². The Hall–Kier alpha value is -2.37. The molecule has 0 radical (unpaired) electrons. The van der Waals surface area contributed by atoms with E-state index in [0.717, 1.165) is 12.0 Å². The summed E-state index contributed by atoms with van der Waals surface area (Å²) < 4.78 is 0. The Labute approximate surface area is 135 Å². The monoisotopic (exact) mass is 318 g/mol. The number of benzene rings is 1. The molecular formula is C17H22N2O4. The zero-order chi connectivity index (χ0) is 17.0. The Morgan fingerprint density at radius 1 is 1.26 bits per heavy atom. The lowest BCUT2D eigenvalue weighted by molar-refractivity contribution is -0.145. The zero-order valence-corrected chi connectivity index (χ0v) is 13.5. The number of likely N-dealkylation sites (N-methyl/N-ethyl adjacent to an activating group) is 1. The highest BCUT2D eigenvalue weighted by molar-refractivity contribution is 5.94. The minimum atomic E-state index is -1.04. The number of carboxylic acid groups (broad SMARTS) is 1. The van der Waals surface area contributed by atoms with Crippen LogP contribution in [0.1, 0.15) is 28.8 Å². The molecule has 2 amide bonds. The van der Waals surface area contributed by atoms with E-state index in [9.17, 15) is 14.4 Å². The number of hydrogen-bond donors (Lipinski definition) is 1. The van der Waals surface area contributed by atoms with E-state index < -0.39 is 5.97 Å². The first kappa shape index (κ1) is 17.0. The van der Waals surface area contributed by atoms with Crippen LogP contribution in [0.2, 0.25) is 0 Å². The average molecular weight is 318 g/mol. The molecule has 6 nitrogen and oxygen atoms in total. The smallest absolute Gasteiger partial charge is 0.323 e. The van der Waals surface area contributed by atoms with E-state index in [1.165, 1.54) is 11.9 Å². The molecule has 0 spiro atoms. The summed E-state index contributed by atoms with van der Waals surface area (Å²) in [5, 5.41) is 8.78. The largest absolute Gasteiger partial charge is 0.480 e. The van der Waals surface area contributed by atoms with Crippen molar-refractivity contribution in [2.75, 3.05) is 26.7 Å². The molecule has 23 heavy (non-hydrogen) atoms.